The van der Waals surface area contributed by atoms with Gasteiger partial charge in [0.05, 0.1) is 0 Å². The Labute approximate surface area is 105 Å². The first-order chi connectivity index (χ1) is 7.58. The molecular weight excluding hydrogens is 251 g/mol. The fraction of sp³-hybridized carbons (Fsp3) is 0.636. The van der Waals surface area contributed by atoms with Crippen LogP contribution >= 0.6 is 23.2 Å². The van der Waals surface area contributed by atoms with E-state index in [0.717, 1.165) is 31.8 Å². The van der Waals surface area contributed by atoms with Gasteiger partial charge in [0.15, 0.2) is 5.78 Å². The molecule has 5 heteroatoms. The van der Waals surface area contributed by atoms with Gasteiger partial charge < -0.3 is 4.74 Å². The fourth-order valence-electron chi connectivity index (χ4n) is 1.73. The van der Waals surface area contributed by atoms with Crippen molar-refractivity contribution in [2.75, 3.05) is 0 Å². The molecule has 1 rings (SSSR count). The zero-order valence-corrected chi connectivity index (χ0v) is 10.4. The molecule has 0 radical (unpaired) electrons. The standard InChI is InChI=1S/C11H14Cl2O3/c12-10(13)6-8(14)7-11(15)16-9-4-2-1-3-5-9/h6,9H,1-5,7H2. The second-order valence-corrected chi connectivity index (χ2v) is 4.83. The number of ketones is 1. The summed E-state index contributed by atoms with van der Waals surface area (Å²) in [6, 6.07) is 0. The van der Waals surface area contributed by atoms with Gasteiger partial charge in [-0.05, 0) is 25.7 Å². The molecule has 0 aromatic carbocycles. The number of carbonyl (C=O) groups is 2. The van der Waals surface area contributed by atoms with Crippen LogP contribution in [-0.4, -0.2) is 17.9 Å². The normalized spacial score (nSPS) is 16.6. The lowest BCUT2D eigenvalue weighted by Gasteiger charge is -2.21. The maximum Gasteiger partial charge on any atom is 0.313 e. The molecule has 0 amide bonds. The summed E-state index contributed by atoms with van der Waals surface area (Å²) in [7, 11) is 0. The van der Waals surface area contributed by atoms with Gasteiger partial charge in [0.1, 0.15) is 17.0 Å². The van der Waals surface area contributed by atoms with Gasteiger partial charge in [-0.1, -0.05) is 29.6 Å². The summed E-state index contributed by atoms with van der Waals surface area (Å²) in [4.78, 5) is 22.5. The number of ether oxygens (including phenoxy) is 1. The lowest BCUT2D eigenvalue weighted by Crippen LogP contribution is -2.22. The number of allylic oxidation sites excluding steroid dienone is 1. The predicted octanol–water partition coefficient (Wildman–Crippen LogP) is 3.14. The highest BCUT2D eigenvalue weighted by Gasteiger charge is 2.18. The van der Waals surface area contributed by atoms with E-state index in [0.29, 0.717) is 0 Å². The van der Waals surface area contributed by atoms with Gasteiger partial charge >= 0.3 is 5.97 Å². The topological polar surface area (TPSA) is 43.4 Å². The Morgan fingerprint density at radius 2 is 1.81 bits per heavy atom. The predicted molar refractivity (Wildman–Crippen MR) is 62.4 cm³/mol. The first-order valence-electron chi connectivity index (χ1n) is 5.33. The first kappa shape index (κ1) is 13.5. The molecule has 1 aliphatic rings. The molecule has 0 aromatic heterocycles. The molecule has 1 saturated carbocycles. The van der Waals surface area contributed by atoms with Gasteiger partial charge in [0.25, 0.3) is 0 Å². The Kier molecular flexibility index (Phi) is 5.85. The van der Waals surface area contributed by atoms with Crippen molar-refractivity contribution in [1.82, 2.24) is 0 Å². The quantitative estimate of drug-likeness (QED) is 0.445. The monoisotopic (exact) mass is 264 g/mol. The van der Waals surface area contributed by atoms with Gasteiger partial charge in [-0.2, -0.15) is 0 Å². The minimum atomic E-state index is -0.497. The summed E-state index contributed by atoms with van der Waals surface area (Å²) in [6.45, 7) is 0. The van der Waals surface area contributed by atoms with Crippen LogP contribution in [0.1, 0.15) is 38.5 Å². The van der Waals surface area contributed by atoms with Crippen molar-refractivity contribution >= 4 is 35.0 Å². The van der Waals surface area contributed by atoms with Gasteiger partial charge in [-0.15, -0.1) is 0 Å². The van der Waals surface area contributed by atoms with Gasteiger partial charge in [-0.25, -0.2) is 0 Å². The molecule has 0 spiro atoms. The van der Waals surface area contributed by atoms with Crippen molar-refractivity contribution in [1.29, 1.82) is 0 Å². The molecule has 0 aromatic rings. The Morgan fingerprint density at radius 1 is 1.19 bits per heavy atom. The van der Waals surface area contributed by atoms with Gasteiger partial charge in [0.2, 0.25) is 0 Å². The number of hydrogen-bond acceptors (Lipinski definition) is 3. The molecule has 16 heavy (non-hydrogen) atoms. The largest absolute Gasteiger partial charge is 0.462 e. The highest BCUT2D eigenvalue weighted by molar-refractivity contribution is 6.56. The molecule has 0 bridgehead atoms. The van der Waals surface area contributed by atoms with Crippen LogP contribution in [0.25, 0.3) is 0 Å². The lowest BCUT2D eigenvalue weighted by atomic mass is 9.98. The molecule has 0 atom stereocenters. The number of halogens is 2. The van der Waals surface area contributed by atoms with E-state index in [1.54, 1.807) is 0 Å². The summed E-state index contributed by atoms with van der Waals surface area (Å²) in [5.41, 5.74) is 0. The SMILES string of the molecule is O=C(C=C(Cl)Cl)CC(=O)OC1CCCCC1. The van der Waals surface area contributed by atoms with E-state index in [-0.39, 0.29) is 17.0 Å². The molecule has 90 valence electrons. The second kappa shape index (κ2) is 6.92. The van der Waals surface area contributed by atoms with E-state index < -0.39 is 11.8 Å². The Hall–Kier alpha value is -0.540. The Balaban J connectivity index is 2.29. The average molecular weight is 265 g/mol. The Bertz CT molecular complexity index is 290. The number of rotatable bonds is 4. The first-order valence-corrected chi connectivity index (χ1v) is 6.08. The van der Waals surface area contributed by atoms with E-state index in [9.17, 15) is 9.59 Å². The molecule has 1 fully saturated rings. The summed E-state index contributed by atoms with van der Waals surface area (Å²) >= 11 is 10.6. The van der Waals surface area contributed by atoms with Crippen LogP contribution in [0.15, 0.2) is 10.6 Å². The maximum atomic E-state index is 11.3. The zero-order chi connectivity index (χ0) is 12.0. The van der Waals surface area contributed by atoms with Crippen molar-refractivity contribution < 1.29 is 14.3 Å². The average Bonchev–Trinajstić information content (AvgIpc) is 2.17. The minimum absolute atomic E-state index is 0.0236. The van der Waals surface area contributed by atoms with Gasteiger partial charge in [-0.3, -0.25) is 9.59 Å². The van der Waals surface area contributed by atoms with Crippen molar-refractivity contribution in [3.05, 3.63) is 10.6 Å². The number of carbonyl (C=O) groups excluding carboxylic acids is 2. The van der Waals surface area contributed by atoms with Crippen LogP contribution < -0.4 is 0 Å². The third-order valence-corrected chi connectivity index (χ3v) is 2.66. The van der Waals surface area contributed by atoms with Crippen molar-refractivity contribution in [2.45, 2.75) is 44.6 Å². The molecule has 1 aliphatic carbocycles. The molecule has 0 aliphatic heterocycles. The maximum absolute atomic E-state index is 11.3. The molecular formula is C11H14Cl2O3. The van der Waals surface area contributed by atoms with Crippen LogP contribution in [-0.2, 0) is 14.3 Å². The highest BCUT2D eigenvalue weighted by atomic mass is 35.5. The van der Waals surface area contributed by atoms with Gasteiger partial charge in [0, 0.05) is 6.08 Å². The summed E-state index contributed by atoms with van der Waals surface area (Å²) in [5, 5.41) is 0. The Morgan fingerprint density at radius 3 is 2.38 bits per heavy atom. The van der Waals surface area contributed by atoms with E-state index >= 15 is 0 Å². The smallest absolute Gasteiger partial charge is 0.313 e. The summed E-state index contributed by atoms with van der Waals surface area (Å²) < 4.78 is 5.03. The summed E-state index contributed by atoms with van der Waals surface area (Å²) in [6.07, 6.45) is 5.85. The molecule has 0 saturated heterocycles. The van der Waals surface area contributed by atoms with Crippen LogP contribution in [0.4, 0.5) is 0 Å². The van der Waals surface area contributed by atoms with Crippen molar-refractivity contribution in [2.24, 2.45) is 0 Å². The second-order valence-electron chi connectivity index (χ2n) is 3.83. The fourth-order valence-corrected chi connectivity index (χ4v) is 1.97. The van der Waals surface area contributed by atoms with Crippen molar-refractivity contribution in [3.63, 3.8) is 0 Å². The minimum Gasteiger partial charge on any atom is -0.462 e. The van der Waals surface area contributed by atoms with E-state index in [4.69, 9.17) is 27.9 Å². The molecule has 0 heterocycles. The van der Waals surface area contributed by atoms with Crippen LogP contribution in [0.2, 0.25) is 0 Å². The number of hydrogen-bond donors (Lipinski definition) is 0. The highest BCUT2D eigenvalue weighted by Crippen LogP contribution is 2.20. The van der Waals surface area contributed by atoms with Crippen LogP contribution in [0.5, 0.6) is 0 Å². The van der Waals surface area contributed by atoms with Crippen molar-refractivity contribution in [3.8, 4) is 0 Å². The van der Waals surface area contributed by atoms with E-state index in [1.165, 1.54) is 6.42 Å². The molecule has 0 unspecified atom stereocenters. The van der Waals surface area contributed by atoms with E-state index in [1.807, 2.05) is 0 Å². The van der Waals surface area contributed by atoms with E-state index in [2.05, 4.69) is 0 Å². The lowest BCUT2D eigenvalue weighted by molar-refractivity contribution is -0.151. The van der Waals surface area contributed by atoms with Crippen LogP contribution in [0, 0.1) is 0 Å². The summed E-state index contributed by atoms with van der Waals surface area (Å²) in [5.74, 6) is -0.927. The van der Waals surface area contributed by atoms with Crippen LogP contribution in [0.3, 0.4) is 0 Å². The third kappa shape index (κ3) is 5.52. The zero-order valence-electron chi connectivity index (χ0n) is 8.88. The molecule has 3 nitrogen and oxygen atoms in total. The third-order valence-electron chi connectivity index (χ3n) is 2.44. The molecule has 0 N–H and O–H groups in total. The number of esters is 1.